The van der Waals surface area contributed by atoms with Gasteiger partial charge in [0.1, 0.15) is 42.0 Å². The maximum atomic E-state index is 14.9. The van der Waals surface area contributed by atoms with E-state index in [0.29, 0.717) is 12.8 Å². The fraction of sp³-hybridized carbons (Fsp3) is 0.622. The monoisotopic (exact) mass is 851 g/mol. The predicted molar refractivity (Wildman–Crippen MR) is 204 cm³/mol. The van der Waals surface area contributed by atoms with Gasteiger partial charge in [0.15, 0.2) is 6.10 Å². The molecule has 1 aliphatic carbocycles. The summed E-state index contributed by atoms with van der Waals surface area (Å²) in [5, 5.41) is 48.9. The Balaban J connectivity index is 1.49. The molecule has 21 heteroatoms. The third-order valence-electron chi connectivity index (χ3n) is 11.4. The minimum absolute atomic E-state index is 0.0135. The Morgan fingerprint density at radius 2 is 1.69 bits per heavy atom. The number of hydrogen-bond acceptors (Lipinski definition) is 13. The topological polar surface area (TPSA) is 266 Å². The summed E-state index contributed by atoms with van der Waals surface area (Å²) in [5.74, 6) is -7.50. The maximum Gasteiger partial charge on any atom is 0.330 e. The number of halogens is 2. The normalized spacial score (nSPS) is 31.9. The Labute approximate surface area is 343 Å². The van der Waals surface area contributed by atoms with Gasteiger partial charge in [0.05, 0.1) is 34.9 Å². The lowest BCUT2D eigenvalue weighted by atomic mass is 9.87. The molecule has 4 aliphatic heterocycles. The molecule has 7 N–H and O–H groups in total. The van der Waals surface area contributed by atoms with E-state index >= 15 is 0 Å². The number of nitrogens with one attached hydrogen (secondary N) is 4. The summed E-state index contributed by atoms with van der Waals surface area (Å²) in [7, 11) is 1.22. The van der Waals surface area contributed by atoms with Crippen LogP contribution in [0.5, 0.6) is 0 Å². The number of benzene rings is 1. The summed E-state index contributed by atoms with van der Waals surface area (Å²) >= 11 is 12.8. The molecule has 0 bridgehead atoms. The smallest absolute Gasteiger partial charge is 0.330 e. The second-order valence-electron chi connectivity index (χ2n) is 16.7. The number of carbonyl (C=O) groups excluding carboxylic acids is 6. The highest BCUT2D eigenvalue weighted by molar-refractivity contribution is 6.44. The molecule has 19 nitrogen and oxygen atoms in total. The molecular formula is C37H47Cl2N7O12. The molecule has 0 unspecified atom stereocenters. The second-order valence-corrected chi connectivity index (χ2v) is 17.5. The van der Waals surface area contributed by atoms with Crippen LogP contribution in [-0.4, -0.2) is 135 Å². The van der Waals surface area contributed by atoms with E-state index in [4.69, 9.17) is 32.7 Å². The SMILES string of the molecule is COC[C@@H]1NC(=O)[C@@H]2CCC=NN2C(=O)[C@H](C(C)(C)C)OC(=O)[C@@H](C2(C)CC2)NC(=O)[C@@H]2C[C@@]3(O)c4ccc(Cl)c(Cl)c4N[C@H]3N2C(=O)[C@@H]([C@H](O)CC(=O)O)NC1=O. The predicted octanol–water partition coefficient (Wildman–Crippen LogP) is 0.218. The van der Waals surface area contributed by atoms with E-state index < -0.39 is 126 Å². The number of nitrogens with zero attached hydrogens (tertiary/aromatic N) is 3. The van der Waals surface area contributed by atoms with Crippen molar-refractivity contribution in [3.63, 3.8) is 0 Å². The number of ether oxygens (including phenoxy) is 2. The minimum atomic E-state index is -2.12. The highest BCUT2D eigenvalue weighted by atomic mass is 35.5. The lowest BCUT2D eigenvalue weighted by Gasteiger charge is -2.38. The van der Waals surface area contributed by atoms with E-state index in [9.17, 15) is 48.9 Å². The summed E-state index contributed by atoms with van der Waals surface area (Å²) in [6, 6.07) is -5.17. The number of aliphatic hydroxyl groups is 2. The van der Waals surface area contributed by atoms with Gasteiger partial charge >= 0.3 is 11.9 Å². The standard InChI is InChI=1S/C37H47Cl2N7O12/c1-35(2,3)27-32(54)46-19(7-6-12-40-46)29(51)41-18(15-57-5)28(50)42-25(21(47)13-22(48)49)31(53)45-20(30(52)44-26(33(55)58-27)36(4)10-11-36)14-37(56)16-8-9-17(38)23(39)24(16)43-34(37)45/h8-9,12,18-21,25-27,34,43,47,56H,6-7,10-11,13-15H2,1-5H3,(H,41,51)(H,42,50)(H,44,52)(H,48,49)/t18-,19-,20-,21+,25+,26-,27+,34-,37+/m0/s1. The number of hydrazone groups is 1. The Kier molecular flexibility index (Phi) is 11.8. The molecule has 9 atom stereocenters. The molecule has 1 aromatic rings. The lowest BCUT2D eigenvalue weighted by Crippen LogP contribution is -2.64. The molecule has 2 saturated heterocycles. The number of amides is 5. The van der Waals surface area contributed by atoms with Crippen LogP contribution in [-0.2, 0) is 48.6 Å². The summed E-state index contributed by atoms with van der Waals surface area (Å²) in [6.07, 6.45) is -4.09. The van der Waals surface area contributed by atoms with Gasteiger partial charge in [0, 0.05) is 30.7 Å². The number of anilines is 1. The van der Waals surface area contributed by atoms with Crippen molar-refractivity contribution in [2.24, 2.45) is 15.9 Å². The third-order valence-corrected chi connectivity index (χ3v) is 12.2. The number of methoxy groups -OCH3 is 1. The van der Waals surface area contributed by atoms with Gasteiger partial charge in [-0.05, 0) is 37.2 Å². The largest absolute Gasteiger partial charge is 0.481 e. The molecule has 3 fully saturated rings. The van der Waals surface area contributed by atoms with Crippen molar-refractivity contribution in [2.75, 3.05) is 19.0 Å². The molecule has 58 heavy (non-hydrogen) atoms. The number of esters is 1. The Hall–Kier alpha value is -4.56. The number of aliphatic hydroxyl groups excluding tert-OH is 1. The fourth-order valence-corrected chi connectivity index (χ4v) is 8.26. The first-order valence-corrected chi connectivity index (χ1v) is 19.5. The average molecular weight is 853 g/mol. The first-order chi connectivity index (χ1) is 27.1. The first kappa shape index (κ1) is 43.0. The number of aliphatic carboxylic acids is 1. The highest BCUT2D eigenvalue weighted by Gasteiger charge is 2.63. The summed E-state index contributed by atoms with van der Waals surface area (Å²) in [6.45, 7) is 6.16. The average Bonchev–Trinajstić information content (AvgIpc) is 3.73. The van der Waals surface area contributed by atoms with Crippen LogP contribution >= 0.6 is 23.2 Å². The van der Waals surface area contributed by atoms with Gasteiger partial charge in [0.25, 0.3) is 5.91 Å². The van der Waals surface area contributed by atoms with E-state index in [1.807, 2.05) is 0 Å². The minimum Gasteiger partial charge on any atom is -0.481 e. The molecule has 1 aromatic carbocycles. The highest BCUT2D eigenvalue weighted by Crippen LogP contribution is 2.53. The molecule has 4 heterocycles. The second kappa shape index (κ2) is 15.9. The number of carboxylic acid groups (broad SMARTS) is 1. The zero-order chi connectivity index (χ0) is 42.6. The van der Waals surface area contributed by atoms with Crippen LogP contribution in [0.1, 0.15) is 71.8 Å². The fourth-order valence-electron chi connectivity index (χ4n) is 7.88. The van der Waals surface area contributed by atoms with Crippen molar-refractivity contribution in [3.8, 4) is 0 Å². The van der Waals surface area contributed by atoms with Crippen molar-refractivity contribution in [1.29, 1.82) is 0 Å². The molecule has 1 saturated carbocycles. The van der Waals surface area contributed by atoms with Gasteiger partial charge in [-0.25, -0.2) is 9.80 Å². The zero-order valence-electron chi connectivity index (χ0n) is 32.4. The van der Waals surface area contributed by atoms with Crippen LogP contribution in [0.4, 0.5) is 5.69 Å². The molecule has 5 aliphatic rings. The van der Waals surface area contributed by atoms with E-state index in [1.165, 1.54) is 25.5 Å². The number of rotatable bonds is 6. The van der Waals surface area contributed by atoms with Crippen LogP contribution < -0.4 is 21.3 Å². The van der Waals surface area contributed by atoms with Crippen molar-refractivity contribution >= 4 is 76.6 Å². The van der Waals surface area contributed by atoms with Crippen LogP contribution in [0.25, 0.3) is 0 Å². The van der Waals surface area contributed by atoms with Gasteiger partial charge in [-0.3, -0.25) is 28.8 Å². The molecule has 0 radical (unpaired) electrons. The Bertz CT molecular complexity index is 1940. The quantitative estimate of drug-likeness (QED) is 0.189. The van der Waals surface area contributed by atoms with E-state index in [-0.39, 0.29) is 34.1 Å². The summed E-state index contributed by atoms with van der Waals surface area (Å²) in [4.78, 5) is 98.7. The van der Waals surface area contributed by atoms with Crippen molar-refractivity contribution in [3.05, 3.63) is 27.7 Å². The lowest BCUT2D eigenvalue weighted by molar-refractivity contribution is -0.173. The van der Waals surface area contributed by atoms with Gasteiger partial charge in [0.2, 0.25) is 23.6 Å². The van der Waals surface area contributed by atoms with E-state index in [0.717, 1.165) is 9.91 Å². The molecule has 0 aromatic heterocycles. The summed E-state index contributed by atoms with van der Waals surface area (Å²) in [5.41, 5.74) is -3.70. The number of cyclic esters (lactones) is 1. The maximum absolute atomic E-state index is 14.9. The van der Waals surface area contributed by atoms with Gasteiger partial charge in [-0.15, -0.1) is 0 Å². The summed E-state index contributed by atoms with van der Waals surface area (Å²) < 4.78 is 11.1. The Morgan fingerprint density at radius 3 is 2.31 bits per heavy atom. The van der Waals surface area contributed by atoms with Crippen LogP contribution in [0.2, 0.25) is 10.0 Å². The number of hydrogen-bond donors (Lipinski definition) is 7. The number of carboxylic acids is 1. The first-order valence-electron chi connectivity index (χ1n) is 18.8. The van der Waals surface area contributed by atoms with Gasteiger partial charge in [-0.1, -0.05) is 57.0 Å². The molecular weight excluding hydrogens is 805 g/mol. The molecule has 316 valence electrons. The van der Waals surface area contributed by atoms with Gasteiger partial charge < -0.3 is 51.0 Å². The number of carbonyl (C=O) groups is 7. The molecule has 5 amide bonds. The Morgan fingerprint density at radius 1 is 1.02 bits per heavy atom. The van der Waals surface area contributed by atoms with Gasteiger partial charge in [-0.2, -0.15) is 5.10 Å². The van der Waals surface area contributed by atoms with Crippen molar-refractivity contribution < 1.29 is 58.4 Å². The third kappa shape index (κ3) is 7.93. The number of fused-ring (bicyclic) bond motifs is 6. The van der Waals surface area contributed by atoms with E-state index in [1.54, 1.807) is 27.7 Å². The van der Waals surface area contributed by atoms with Crippen molar-refractivity contribution in [2.45, 2.75) is 120 Å². The molecule has 6 rings (SSSR count). The van der Waals surface area contributed by atoms with Crippen LogP contribution in [0.15, 0.2) is 17.2 Å². The van der Waals surface area contributed by atoms with Crippen LogP contribution in [0.3, 0.4) is 0 Å². The van der Waals surface area contributed by atoms with Crippen LogP contribution in [0, 0.1) is 10.8 Å². The molecule has 0 spiro atoms. The zero-order valence-corrected chi connectivity index (χ0v) is 33.9. The van der Waals surface area contributed by atoms with E-state index in [2.05, 4.69) is 26.4 Å². The van der Waals surface area contributed by atoms with Crippen molar-refractivity contribution in [1.82, 2.24) is 25.9 Å².